The van der Waals surface area contributed by atoms with Crippen molar-refractivity contribution in [3.8, 4) is 0 Å². The molecule has 3 N–H and O–H groups in total. The zero-order chi connectivity index (χ0) is 10.0. The summed E-state index contributed by atoms with van der Waals surface area (Å²) in [6, 6.07) is 1.11. The molecular weight excluding hydrogens is 192 g/mol. The van der Waals surface area contributed by atoms with Gasteiger partial charge in [-0.3, -0.25) is 0 Å². The Morgan fingerprint density at radius 1 is 1.77 bits per heavy atom. The van der Waals surface area contributed by atoms with Gasteiger partial charge in [-0.15, -0.1) is 0 Å². The number of nitrogens with two attached hydrogens (primary N) is 1. The Morgan fingerprint density at radius 2 is 2.38 bits per heavy atom. The van der Waals surface area contributed by atoms with Crippen LogP contribution in [-0.4, -0.2) is 16.1 Å². The first kappa shape index (κ1) is 9.95. The van der Waals surface area contributed by atoms with Crippen molar-refractivity contribution in [2.75, 3.05) is 0 Å². The summed E-state index contributed by atoms with van der Waals surface area (Å²) in [5.74, 6) is -1.04. The summed E-state index contributed by atoms with van der Waals surface area (Å²) < 4.78 is 0. The molecule has 0 amide bonds. The summed E-state index contributed by atoms with van der Waals surface area (Å²) in [6.07, 6.45) is 1.20. The van der Waals surface area contributed by atoms with Gasteiger partial charge in [-0.05, 0) is 13.0 Å². The Morgan fingerprint density at radius 3 is 2.85 bits per heavy atom. The number of nitrogens with zero attached hydrogens (tertiary/aromatic N) is 1. The summed E-state index contributed by atoms with van der Waals surface area (Å²) >= 11 is 5.71. The van der Waals surface area contributed by atoms with Crippen molar-refractivity contribution in [3.05, 3.63) is 28.5 Å². The molecule has 1 heterocycles. The van der Waals surface area contributed by atoms with Crippen molar-refractivity contribution >= 4 is 17.6 Å². The predicted octanol–water partition coefficient (Wildman–Crippen LogP) is 1.45. The Labute approximate surface area is 80.3 Å². The van der Waals surface area contributed by atoms with Crippen LogP contribution in [0.1, 0.15) is 28.9 Å². The predicted molar refractivity (Wildman–Crippen MR) is 48.8 cm³/mol. The highest BCUT2D eigenvalue weighted by molar-refractivity contribution is 6.30. The van der Waals surface area contributed by atoms with Crippen LogP contribution in [-0.2, 0) is 0 Å². The third-order valence-electron chi connectivity index (χ3n) is 1.60. The molecule has 0 aliphatic carbocycles. The molecule has 0 aromatic carbocycles. The highest BCUT2D eigenvalue weighted by Gasteiger charge is 2.10. The van der Waals surface area contributed by atoms with E-state index in [0.717, 1.165) is 0 Å². The second-order valence-corrected chi connectivity index (χ2v) is 3.06. The van der Waals surface area contributed by atoms with Crippen molar-refractivity contribution in [1.82, 2.24) is 4.98 Å². The number of halogens is 1. The molecule has 0 aliphatic heterocycles. The van der Waals surface area contributed by atoms with E-state index in [0.29, 0.717) is 5.56 Å². The minimum absolute atomic E-state index is 0.0942. The molecule has 0 unspecified atom stereocenters. The Hall–Kier alpha value is -1.13. The Bertz CT molecular complexity index is 339. The van der Waals surface area contributed by atoms with E-state index in [1.807, 2.05) is 0 Å². The van der Waals surface area contributed by atoms with E-state index >= 15 is 0 Å². The fourth-order valence-electron chi connectivity index (χ4n) is 0.901. The summed E-state index contributed by atoms with van der Waals surface area (Å²) in [4.78, 5) is 14.3. The van der Waals surface area contributed by atoms with Crippen LogP contribution in [0.25, 0.3) is 0 Å². The molecule has 0 aliphatic rings. The topological polar surface area (TPSA) is 76.2 Å². The quantitative estimate of drug-likeness (QED) is 0.709. The third-order valence-corrected chi connectivity index (χ3v) is 1.92. The molecule has 13 heavy (non-hydrogen) atoms. The van der Waals surface area contributed by atoms with Crippen molar-refractivity contribution in [3.63, 3.8) is 0 Å². The average molecular weight is 201 g/mol. The molecule has 0 spiro atoms. The smallest absolute Gasteiger partial charge is 0.337 e. The maximum absolute atomic E-state index is 10.6. The molecule has 5 heteroatoms. The lowest BCUT2D eigenvalue weighted by Crippen LogP contribution is -2.08. The van der Waals surface area contributed by atoms with Crippen molar-refractivity contribution in [2.24, 2.45) is 5.73 Å². The second-order valence-electron chi connectivity index (χ2n) is 2.70. The first-order valence-electron chi connectivity index (χ1n) is 3.66. The number of aromatic nitrogens is 1. The molecule has 0 radical (unpaired) electrons. The van der Waals surface area contributed by atoms with Gasteiger partial charge in [-0.2, -0.15) is 0 Å². The lowest BCUT2D eigenvalue weighted by molar-refractivity contribution is 0.0696. The number of carboxylic acid groups (broad SMARTS) is 1. The maximum Gasteiger partial charge on any atom is 0.337 e. The van der Waals surface area contributed by atoms with E-state index in [1.165, 1.54) is 12.3 Å². The lowest BCUT2D eigenvalue weighted by atomic mass is 10.1. The van der Waals surface area contributed by atoms with Crippen LogP contribution in [0.15, 0.2) is 12.3 Å². The number of carbonyl (C=O) groups is 1. The Kier molecular flexibility index (Phi) is 2.85. The van der Waals surface area contributed by atoms with Gasteiger partial charge >= 0.3 is 5.97 Å². The number of rotatable bonds is 2. The number of pyridine rings is 1. The molecule has 70 valence electrons. The lowest BCUT2D eigenvalue weighted by Gasteiger charge is -2.07. The van der Waals surface area contributed by atoms with Gasteiger partial charge in [0.05, 0.1) is 5.56 Å². The number of aromatic carboxylic acids is 1. The van der Waals surface area contributed by atoms with Crippen molar-refractivity contribution in [2.45, 2.75) is 13.0 Å². The molecule has 0 saturated carbocycles. The Balaban J connectivity index is 3.19. The molecule has 1 aromatic rings. The molecular formula is C8H9ClN2O2. The molecule has 0 saturated heterocycles. The van der Waals surface area contributed by atoms with Crippen LogP contribution >= 0.6 is 11.6 Å². The van der Waals surface area contributed by atoms with E-state index in [2.05, 4.69) is 4.98 Å². The van der Waals surface area contributed by atoms with Gasteiger partial charge in [0, 0.05) is 17.8 Å². The first-order valence-corrected chi connectivity index (χ1v) is 4.04. The van der Waals surface area contributed by atoms with E-state index in [-0.39, 0.29) is 16.8 Å². The average Bonchev–Trinajstić information content (AvgIpc) is 2.04. The van der Waals surface area contributed by atoms with E-state index < -0.39 is 5.97 Å². The molecule has 0 bridgehead atoms. The monoisotopic (exact) mass is 200 g/mol. The standard InChI is InChI=1S/C8H9ClN2O2/c1-4(10)6-2-5(8(12)13)3-11-7(6)9/h2-4H,10H2,1H3,(H,12,13)/t4-/m1/s1. The first-order chi connectivity index (χ1) is 6.02. The zero-order valence-electron chi connectivity index (χ0n) is 6.99. The minimum Gasteiger partial charge on any atom is -0.478 e. The van der Waals surface area contributed by atoms with E-state index in [1.54, 1.807) is 6.92 Å². The molecule has 1 rings (SSSR count). The minimum atomic E-state index is -1.04. The summed E-state index contributed by atoms with van der Waals surface area (Å²) in [5.41, 5.74) is 6.20. The third kappa shape index (κ3) is 2.17. The molecule has 4 nitrogen and oxygen atoms in total. The molecule has 1 aromatic heterocycles. The fraction of sp³-hybridized carbons (Fsp3) is 0.250. The van der Waals surface area contributed by atoms with E-state index in [9.17, 15) is 4.79 Å². The fourth-order valence-corrected chi connectivity index (χ4v) is 1.18. The van der Waals surface area contributed by atoms with E-state index in [4.69, 9.17) is 22.4 Å². The molecule has 0 fully saturated rings. The second kappa shape index (κ2) is 3.72. The van der Waals surface area contributed by atoms with Gasteiger partial charge in [0.2, 0.25) is 0 Å². The normalized spacial score (nSPS) is 12.5. The zero-order valence-corrected chi connectivity index (χ0v) is 7.75. The summed E-state index contributed by atoms with van der Waals surface area (Å²) in [5, 5.41) is 8.91. The van der Waals surface area contributed by atoms with Gasteiger partial charge in [-0.25, -0.2) is 9.78 Å². The van der Waals surface area contributed by atoms with Crippen LogP contribution in [0.3, 0.4) is 0 Å². The number of hydrogen-bond donors (Lipinski definition) is 2. The van der Waals surface area contributed by atoms with Gasteiger partial charge in [0.1, 0.15) is 5.15 Å². The van der Waals surface area contributed by atoms with Gasteiger partial charge in [0.25, 0.3) is 0 Å². The van der Waals surface area contributed by atoms with Gasteiger partial charge < -0.3 is 10.8 Å². The number of hydrogen-bond acceptors (Lipinski definition) is 3. The van der Waals surface area contributed by atoms with Crippen LogP contribution < -0.4 is 5.73 Å². The molecule has 1 atom stereocenters. The van der Waals surface area contributed by atoms with Crippen LogP contribution in [0.5, 0.6) is 0 Å². The largest absolute Gasteiger partial charge is 0.478 e. The summed E-state index contributed by atoms with van der Waals surface area (Å²) in [6.45, 7) is 1.72. The van der Waals surface area contributed by atoms with Crippen molar-refractivity contribution < 1.29 is 9.90 Å². The van der Waals surface area contributed by atoms with Crippen molar-refractivity contribution in [1.29, 1.82) is 0 Å². The maximum atomic E-state index is 10.6. The summed E-state index contributed by atoms with van der Waals surface area (Å²) in [7, 11) is 0. The SMILES string of the molecule is C[C@@H](N)c1cc(C(=O)O)cnc1Cl. The highest BCUT2D eigenvalue weighted by Crippen LogP contribution is 2.19. The van der Waals surface area contributed by atoms with Crippen LogP contribution in [0, 0.1) is 0 Å². The van der Waals surface area contributed by atoms with Gasteiger partial charge in [-0.1, -0.05) is 11.6 Å². The van der Waals surface area contributed by atoms with Gasteiger partial charge in [0.15, 0.2) is 0 Å². The highest BCUT2D eigenvalue weighted by atomic mass is 35.5. The number of carboxylic acids is 1. The van der Waals surface area contributed by atoms with Crippen LogP contribution in [0.2, 0.25) is 5.15 Å². The van der Waals surface area contributed by atoms with Crippen LogP contribution in [0.4, 0.5) is 0 Å².